The molecule has 0 saturated carbocycles. The van der Waals surface area contributed by atoms with E-state index in [0.717, 1.165) is 11.3 Å². The van der Waals surface area contributed by atoms with Crippen LogP contribution in [0.1, 0.15) is 37.7 Å². The summed E-state index contributed by atoms with van der Waals surface area (Å²) in [7, 11) is 1.79. The average molecular weight is 392 g/mol. The van der Waals surface area contributed by atoms with E-state index in [1.54, 1.807) is 28.8 Å². The van der Waals surface area contributed by atoms with Gasteiger partial charge in [0, 0.05) is 37.8 Å². The molecule has 1 aliphatic heterocycles. The fourth-order valence-corrected chi connectivity index (χ4v) is 3.62. The molecule has 0 atom stereocenters. The highest BCUT2D eigenvalue weighted by molar-refractivity contribution is 5.96. The number of carbonyl (C=O) groups excluding carboxylic acids is 2. The number of nitrogens with zero attached hydrogens (tertiary/aromatic N) is 3. The van der Waals surface area contributed by atoms with Gasteiger partial charge in [0.15, 0.2) is 5.69 Å². The van der Waals surface area contributed by atoms with Gasteiger partial charge in [-0.3, -0.25) is 14.3 Å². The summed E-state index contributed by atoms with van der Waals surface area (Å²) in [6, 6.07) is 15.5. The molecule has 4 rings (SSSR count). The number of nitrogens with one attached hydrogen (secondary N) is 1. The number of hydrogen-bond acceptors (Lipinski definition) is 3. The van der Waals surface area contributed by atoms with Gasteiger partial charge < -0.3 is 10.2 Å². The van der Waals surface area contributed by atoms with Crippen molar-refractivity contribution in [2.75, 3.05) is 6.54 Å². The number of aromatic nitrogens is 2. The van der Waals surface area contributed by atoms with Gasteiger partial charge in [0.1, 0.15) is 5.82 Å². The van der Waals surface area contributed by atoms with E-state index in [2.05, 4.69) is 10.4 Å². The van der Waals surface area contributed by atoms with Gasteiger partial charge in [-0.1, -0.05) is 42.5 Å². The fourth-order valence-electron chi connectivity index (χ4n) is 3.62. The van der Waals surface area contributed by atoms with Crippen LogP contribution in [0, 0.1) is 5.82 Å². The molecule has 1 aliphatic rings. The molecule has 3 aromatic rings. The van der Waals surface area contributed by atoms with Gasteiger partial charge in [-0.15, -0.1) is 0 Å². The number of halogens is 1. The zero-order valence-electron chi connectivity index (χ0n) is 16.1. The Morgan fingerprint density at radius 2 is 1.83 bits per heavy atom. The van der Waals surface area contributed by atoms with Crippen molar-refractivity contribution >= 4 is 11.8 Å². The zero-order valence-corrected chi connectivity index (χ0v) is 16.1. The molecular formula is C22H21FN4O2. The van der Waals surface area contributed by atoms with Gasteiger partial charge >= 0.3 is 0 Å². The first-order valence-corrected chi connectivity index (χ1v) is 9.45. The average Bonchev–Trinajstić information content (AvgIpc) is 3.08. The Labute approximate surface area is 167 Å². The summed E-state index contributed by atoms with van der Waals surface area (Å²) in [4.78, 5) is 27.1. The minimum atomic E-state index is -0.546. The quantitative estimate of drug-likeness (QED) is 0.742. The van der Waals surface area contributed by atoms with Crippen LogP contribution in [0.4, 0.5) is 4.39 Å². The molecule has 29 heavy (non-hydrogen) atoms. The Morgan fingerprint density at radius 3 is 2.59 bits per heavy atom. The number of carbonyl (C=O) groups is 2. The van der Waals surface area contributed by atoms with Gasteiger partial charge in [0.25, 0.3) is 11.8 Å². The second-order valence-corrected chi connectivity index (χ2v) is 7.02. The molecule has 2 amide bonds. The Hall–Kier alpha value is -3.48. The first-order valence-electron chi connectivity index (χ1n) is 9.45. The smallest absolute Gasteiger partial charge is 0.272 e. The van der Waals surface area contributed by atoms with Crippen LogP contribution in [0.2, 0.25) is 0 Å². The van der Waals surface area contributed by atoms with Crippen LogP contribution < -0.4 is 5.32 Å². The molecule has 0 fully saturated rings. The molecule has 0 aliphatic carbocycles. The third kappa shape index (κ3) is 3.76. The lowest BCUT2D eigenvalue weighted by Gasteiger charge is -2.27. The van der Waals surface area contributed by atoms with Crippen molar-refractivity contribution in [2.24, 2.45) is 7.05 Å². The van der Waals surface area contributed by atoms with E-state index in [1.165, 1.54) is 12.1 Å². The molecule has 0 unspecified atom stereocenters. The second kappa shape index (κ2) is 7.87. The van der Waals surface area contributed by atoms with Crippen LogP contribution in [0.25, 0.3) is 0 Å². The lowest BCUT2D eigenvalue weighted by molar-refractivity contribution is 0.0725. The summed E-state index contributed by atoms with van der Waals surface area (Å²) in [5, 5.41) is 7.27. The first-order chi connectivity index (χ1) is 14.0. The predicted octanol–water partition coefficient (Wildman–Crippen LogP) is 2.69. The number of benzene rings is 2. The molecule has 0 radical (unpaired) electrons. The van der Waals surface area contributed by atoms with Crippen LogP contribution in [-0.4, -0.2) is 33.0 Å². The summed E-state index contributed by atoms with van der Waals surface area (Å²) in [6.45, 7) is 1.07. The molecule has 148 valence electrons. The Morgan fingerprint density at radius 1 is 1.10 bits per heavy atom. The van der Waals surface area contributed by atoms with Crippen LogP contribution in [0.15, 0.2) is 54.6 Å². The van der Waals surface area contributed by atoms with Crippen LogP contribution in [0.3, 0.4) is 0 Å². The molecule has 2 heterocycles. The Balaban J connectivity index is 1.54. The van der Waals surface area contributed by atoms with Crippen molar-refractivity contribution in [3.63, 3.8) is 0 Å². The summed E-state index contributed by atoms with van der Waals surface area (Å²) in [5.41, 5.74) is 2.97. The monoisotopic (exact) mass is 392 g/mol. The van der Waals surface area contributed by atoms with E-state index in [0.29, 0.717) is 30.8 Å². The highest BCUT2D eigenvalue weighted by Crippen LogP contribution is 2.24. The van der Waals surface area contributed by atoms with Crippen LogP contribution >= 0.6 is 0 Å². The van der Waals surface area contributed by atoms with E-state index in [1.807, 2.05) is 30.3 Å². The Kier molecular flexibility index (Phi) is 5.12. The van der Waals surface area contributed by atoms with Crippen molar-refractivity contribution in [1.82, 2.24) is 20.0 Å². The summed E-state index contributed by atoms with van der Waals surface area (Å²) in [5.74, 6) is -1.21. The predicted molar refractivity (Wildman–Crippen MR) is 106 cm³/mol. The van der Waals surface area contributed by atoms with E-state index >= 15 is 0 Å². The molecule has 1 N–H and O–H groups in total. The second-order valence-electron chi connectivity index (χ2n) is 7.02. The summed E-state index contributed by atoms with van der Waals surface area (Å²) < 4.78 is 15.7. The number of aryl methyl sites for hydroxylation is 1. The van der Waals surface area contributed by atoms with E-state index in [-0.39, 0.29) is 23.9 Å². The van der Waals surface area contributed by atoms with Crippen molar-refractivity contribution < 1.29 is 14.0 Å². The fraction of sp³-hybridized carbons (Fsp3) is 0.227. The molecule has 1 aromatic heterocycles. The highest BCUT2D eigenvalue weighted by Gasteiger charge is 2.30. The topological polar surface area (TPSA) is 67.2 Å². The normalized spacial score (nSPS) is 13.1. The SMILES string of the molecule is Cn1nc(C(=O)NCc2ccccc2)c2c1CCN(C(=O)c1ccccc1F)C2. The van der Waals surface area contributed by atoms with Crippen molar-refractivity contribution in [3.8, 4) is 0 Å². The number of rotatable bonds is 4. The minimum absolute atomic E-state index is 0.0370. The summed E-state index contributed by atoms with van der Waals surface area (Å²) >= 11 is 0. The lowest BCUT2D eigenvalue weighted by Crippen LogP contribution is -2.37. The van der Waals surface area contributed by atoms with Crippen LogP contribution in [-0.2, 0) is 26.6 Å². The molecule has 7 heteroatoms. The van der Waals surface area contributed by atoms with Crippen molar-refractivity contribution in [3.05, 3.63) is 88.5 Å². The molecule has 0 spiro atoms. The van der Waals surface area contributed by atoms with Gasteiger partial charge in [0.2, 0.25) is 0 Å². The van der Waals surface area contributed by atoms with E-state index in [4.69, 9.17) is 0 Å². The molecule has 6 nitrogen and oxygen atoms in total. The van der Waals surface area contributed by atoms with Gasteiger partial charge in [-0.25, -0.2) is 4.39 Å². The van der Waals surface area contributed by atoms with Gasteiger partial charge in [-0.2, -0.15) is 5.10 Å². The molecule has 0 saturated heterocycles. The van der Waals surface area contributed by atoms with Crippen LogP contribution in [0.5, 0.6) is 0 Å². The van der Waals surface area contributed by atoms with Gasteiger partial charge in [-0.05, 0) is 17.7 Å². The maximum Gasteiger partial charge on any atom is 0.272 e. The van der Waals surface area contributed by atoms with E-state index < -0.39 is 5.82 Å². The lowest BCUT2D eigenvalue weighted by atomic mass is 10.0. The third-order valence-electron chi connectivity index (χ3n) is 5.14. The first kappa shape index (κ1) is 18.9. The standard InChI is InChI=1S/C22H21FN4O2/c1-26-19-11-12-27(22(29)16-9-5-6-10-18(16)23)14-17(19)20(25-26)21(28)24-13-15-7-3-2-4-8-15/h2-10H,11-14H2,1H3,(H,24,28). The number of amides is 2. The van der Waals surface area contributed by atoms with E-state index in [9.17, 15) is 14.0 Å². The van der Waals surface area contributed by atoms with Crippen molar-refractivity contribution in [2.45, 2.75) is 19.5 Å². The molecule has 2 aromatic carbocycles. The largest absolute Gasteiger partial charge is 0.347 e. The molecule has 0 bridgehead atoms. The Bertz CT molecular complexity index is 1060. The zero-order chi connectivity index (χ0) is 20.4. The third-order valence-corrected chi connectivity index (χ3v) is 5.14. The maximum atomic E-state index is 14.0. The van der Waals surface area contributed by atoms with Crippen molar-refractivity contribution in [1.29, 1.82) is 0 Å². The minimum Gasteiger partial charge on any atom is -0.347 e. The maximum absolute atomic E-state index is 14.0. The number of fused-ring (bicyclic) bond motifs is 1. The van der Waals surface area contributed by atoms with Gasteiger partial charge in [0.05, 0.1) is 12.1 Å². The highest BCUT2D eigenvalue weighted by atomic mass is 19.1. The summed E-state index contributed by atoms with van der Waals surface area (Å²) in [6.07, 6.45) is 0.561. The number of hydrogen-bond donors (Lipinski definition) is 1. The molecular weight excluding hydrogens is 371 g/mol.